The molecule has 0 aliphatic carbocycles. The van der Waals surface area contributed by atoms with Crippen LogP contribution in [-0.4, -0.2) is 45.1 Å². The van der Waals surface area contributed by atoms with E-state index in [1.807, 2.05) is 12.1 Å². The summed E-state index contributed by atoms with van der Waals surface area (Å²) in [6.07, 6.45) is 4.12. The van der Waals surface area contributed by atoms with E-state index in [4.69, 9.17) is 9.47 Å². The molecule has 1 aliphatic heterocycles. The molecular weight excluding hydrogens is 265 g/mol. The van der Waals surface area contributed by atoms with Crippen LogP contribution in [0.1, 0.15) is 12.8 Å². The van der Waals surface area contributed by atoms with Crippen LogP contribution >= 0.6 is 0 Å². The monoisotopic (exact) mass is 285 g/mol. The molecule has 6 heteroatoms. The lowest BCUT2D eigenvalue weighted by Crippen LogP contribution is -2.33. The molecule has 1 fully saturated rings. The zero-order valence-electron chi connectivity index (χ0n) is 12.8. The van der Waals surface area contributed by atoms with Crippen molar-refractivity contribution in [2.24, 2.45) is 0 Å². The molecule has 1 aliphatic rings. The van der Waals surface area contributed by atoms with E-state index in [0.29, 0.717) is 17.3 Å². The third-order valence-electron chi connectivity index (χ3n) is 4.08. The Labute approximate surface area is 125 Å². The Morgan fingerprint density at radius 3 is 2.67 bits per heavy atom. The van der Waals surface area contributed by atoms with Gasteiger partial charge in [-0.3, -0.25) is 0 Å². The van der Waals surface area contributed by atoms with Crippen molar-refractivity contribution in [3.8, 4) is 11.5 Å². The van der Waals surface area contributed by atoms with Crippen LogP contribution in [-0.2, 0) is 0 Å². The number of piperidine rings is 1. The number of benzene rings is 1. The topological polar surface area (TPSA) is 47.5 Å². The van der Waals surface area contributed by atoms with Crippen molar-refractivity contribution in [1.29, 1.82) is 0 Å². The Bertz CT molecular complexity index is 650. The smallest absolute Gasteiger partial charge is 0.162 e. The first-order valence-electron chi connectivity index (χ1n) is 7.34. The second-order valence-electron chi connectivity index (χ2n) is 5.62. The molecule has 110 valence electrons. The van der Waals surface area contributed by atoms with Gasteiger partial charge in [0.1, 0.15) is 20.0 Å². The Morgan fingerprint density at radius 1 is 1.19 bits per heavy atom. The molecule has 0 spiro atoms. The van der Waals surface area contributed by atoms with E-state index < -0.39 is 0 Å². The number of methoxy groups -OCH3 is 2. The fraction of sp³-hybridized carbons (Fsp3) is 0.467. The van der Waals surface area contributed by atoms with Crippen LogP contribution in [0.2, 0.25) is 5.82 Å². The van der Waals surface area contributed by atoms with Gasteiger partial charge in [-0.2, -0.15) is 0 Å². The quantitative estimate of drug-likeness (QED) is 0.803. The first kappa shape index (κ1) is 14.0. The summed E-state index contributed by atoms with van der Waals surface area (Å²) in [6, 6.07) is 3.88. The number of anilines is 1. The minimum atomic E-state index is 0.696. The van der Waals surface area contributed by atoms with Gasteiger partial charge in [-0.15, -0.1) is 0 Å². The van der Waals surface area contributed by atoms with Crippen LogP contribution in [0.15, 0.2) is 18.5 Å². The maximum absolute atomic E-state index is 5.41. The largest absolute Gasteiger partial charge is 0.493 e. The lowest BCUT2D eigenvalue weighted by Gasteiger charge is -2.32. The SMILES string of the molecule is BC1CCCN(c2ncnc3cc(OC)c(OC)cc23)C1. The molecule has 1 unspecified atom stereocenters. The predicted octanol–water partition coefficient (Wildman–Crippen LogP) is 1.67. The van der Waals surface area contributed by atoms with E-state index in [2.05, 4.69) is 22.7 Å². The maximum atomic E-state index is 5.41. The molecule has 0 N–H and O–H groups in total. The average Bonchev–Trinajstić information content (AvgIpc) is 2.52. The minimum absolute atomic E-state index is 0.696. The molecule has 2 aromatic rings. The van der Waals surface area contributed by atoms with Gasteiger partial charge >= 0.3 is 0 Å². The summed E-state index contributed by atoms with van der Waals surface area (Å²) in [5.41, 5.74) is 0.885. The highest BCUT2D eigenvalue weighted by molar-refractivity contribution is 6.12. The van der Waals surface area contributed by atoms with Crippen molar-refractivity contribution < 1.29 is 9.47 Å². The van der Waals surface area contributed by atoms with Gasteiger partial charge in [0.05, 0.1) is 19.7 Å². The lowest BCUT2D eigenvalue weighted by molar-refractivity contribution is 0.356. The third-order valence-corrected chi connectivity index (χ3v) is 4.08. The third kappa shape index (κ3) is 2.62. The van der Waals surface area contributed by atoms with Gasteiger partial charge in [-0.05, 0) is 12.5 Å². The molecule has 3 rings (SSSR count). The van der Waals surface area contributed by atoms with E-state index in [0.717, 1.165) is 29.8 Å². The first-order chi connectivity index (χ1) is 10.2. The molecule has 5 nitrogen and oxygen atoms in total. The highest BCUT2D eigenvalue weighted by Crippen LogP contribution is 2.35. The van der Waals surface area contributed by atoms with Crippen molar-refractivity contribution in [3.63, 3.8) is 0 Å². The van der Waals surface area contributed by atoms with Crippen LogP contribution in [0.3, 0.4) is 0 Å². The van der Waals surface area contributed by atoms with Gasteiger partial charge in [0, 0.05) is 24.5 Å². The fourth-order valence-electron chi connectivity index (χ4n) is 3.00. The van der Waals surface area contributed by atoms with Gasteiger partial charge in [0.15, 0.2) is 11.5 Å². The molecule has 21 heavy (non-hydrogen) atoms. The van der Waals surface area contributed by atoms with Gasteiger partial charge in [-0.25, -0.2) is 9.97 Å². The second-order valence-corrected chi connectivity index (χ2v) is 5.62. The number of rotatable bonds is 3. The summed E-state index contributed by atoms with van der Waals surface area (Å²) >= 11 is 0. The molecule has 0 amide bonds. The number of nitrogens with zero attached hydrogens (tertiary/aromatic N) is 3. The molecule has 0 radical (unpaired) electrons. The van der Waals surface area contributed by atoms with Crippen LogP contribution in [0.4, 0.5) is 5.82 Å². The van der Waals surface area contributed by atoms with E-state index in [-0.39, 0.29) is 0 Å². The minimum Gasteiger partial charge on any atom is -0.493 e. The summed E-state index contributed by atoms with van der Waals surface area (Å²) in [5, 5.41) is 1.02. The molecule has 2 heterocycles. The van der Waals surface area contributed by atoms with Crippen molar-refractivity contribution in [2.75, 3.05) is 32.2 Å². The van der Waals surface area contributed by atoms with Crippen LogP contribution in [0, 0.1) is 0 Å². The van der Waals surface area contributed by atoms with Crippen LogP contribution in [0.5, 0.6) is 11.5 Å². The van der Waals surface area contributed by atoms with E-state index in [1.165, 1.54) is 12.8 Å². The van der Waals surface area contributed by atoms with Gasteiger partial charge < -0.3 is 14.4 Å². The Kier molecular flexibility index (Phi) is 3.86. The van der Waals surface area contributed by atoms with Gasteiger partial charge in [-0.1, -0.05) is 12.2 Å². The Balaban J connectivity index is 2.10. The summed E-state index contributed by atoms with van der Waals surface area (Å²) < 4.78 is 10.8. The second kappa shape index (κ2) is 5.80. The molecular formula is C15H20BN3O2. The predicted molar refractivity (Wildman–Crippen MR) is 86.4 cm³/mol. The Hall–Kier alpha value is -1.98. The number of ether oxygens (including phenoxy) is 2. The van der Waals surface area contributed by atoms with Crippen molar-refractivity contribution in [3.05, 3.63) is 18.5 Å². The molecule has 0 saturated carbocycles. The van der Waals surface area contributed by atoms with Crippen molar-refractivity contribution >= 4 is 24.6 Å². The van der Waals surface area contributed by atoms with Gasteiger partial charge in [0.2, 0.25) is 0 Å². The average molecular weight is 285 g/mol. The van der Waals surface area contributed by atoms with Crippen LogP contribution < -0.4 is 14.4 Å². The first-order valence-corrected chi connectivity index (χ1v) is 7.34. The number of fused-ring (bicyclic) bond motifs is 1. The zero-order chi connectivity index (χ0) is 14.8. The number of aromatic nitrogens is 2. The highest BCUT2D eigenvalue weighted by atomic mass is 16.5. The highest BCUT2D eigenvalue weighted by Gasteiger charge is 2.20. The molecule has 1 saturated heterocycles. The summed E-state index contributed by atoms with van der Waals surface area (Å²) in [7, 11) is 5.58. The maximum Gasteiger partial charge on any atom is 0.162 e. The van der Waals surface area contributed by atoms with E-state index >= 15 is 0 Å². The summed E-state index contributed by atoms with van der Waals surface area (Å²) in [6.45, 7) is 2.09. The van der Waals surface area contributed by atoms with E-state index in [9.17, 15) is 0 Å². The zero-order valence-corrected chi connectivity index (χ0v) is 12.8. The normalized spacial score (nSPS) is 18.8. The van der Waals surface area contributed by atoms with Gasteiger partial charge in [0.25, 0.3) is 0 Å². The van der Waals surface area contributed by atoms with Crippen LogP contribution in [0.25, 0.3) is 10.9 Å². The standard InChI is InChI=1S/C15H20BN3O2/c1-20-13-6-11-12(7-14(13)21-2)17-9-18-15(11)19-5-3-4-10(16)8-19/h6-7,9-10H,3-5,8,16H2,1-2H3. The van der Waals surface area contributed by atoms with E-state index in [1.54, 1.807) is 20.5 Å². The summed E-state index contributed by atoms with van der Waals surface area (Å²) in [4.78, 5) is 11.2. The fourth-order valence-corrected chi connectivity index (χ4v) is 3.00. The number of hydrogen-bond acceptors (Lipinski definition) is 5. The van der Waals surface area contributed by atoms with Crippen molar-refractivity contribution in [1.82, 2.24) is 9.97 Å². The molecule has 1 aromatic carbocycles. The summed E-state index contributed by atoms with van der Waals surface area (Å²) in [5.74, 6) is 3.10. The molecule has 0 bridgehead atoms. The van der Waals surface area contributed by atoms with Crippen molar-refractivity contribution in [2.45, 2.75) is 18.7 Å². The Morgan fingerprint density at radius 2 is 1.95 bits per heavy atom. The number of hydrogen-bond donors (Lipinski definition) is 0. The molecule has 1 aromatic heterocycles. The molecule has 1 atom stereocenters. The lowest BCUT2D eigenvalue weighted by atomic mass is 9.81.